The van der Waals surface area contributed by atoms with Crippen LogP contribution in [0.1, 0.15) is 58.6 Å². The second-order valence-corrected chi connectivity index (χ2v) is 10.7. The van der Waals surface area contributed by atoms with Crippen molar-refractivity contribution in [3.8, 4) is 0 Å². The maximum Gasteiger partial charge on any atom is 0.408 e. The van der Waals surface area contributed by atoms with Crippen molar-refractivity contribution in [2.75, 3.05) is 31.6 Å². The number of nitrogens with one attached hydrogen (secondary N) is 3. The maximum absolute atomic E-state index is 13.2. The summed E-state index contributed by atoms with van der Waals surface area (Å²) in [4.78, 5) is 59.4. The largest absolute Gasteiger partial charge is 0.454 e. The van der Waals surface area contributed by atoms with Crippen molar-refractivity contribution < 1.29 is 33.4 Å². The van der Waals surface area contributed by atoms with Crippen LogP contribution in [0.4, 0.5) is 10.5 Å². The lowest BCUT2D eigenvalue weighted by molar-refractivity contribution is -0.137. The fourth-order valence-corrected chi connectivity index (χ4v) is 3.52. The Morgan fingerprint density at radius 2 is 1.70 bits per heavy atom. The number of rotatable bonds is 6. The summed E-state index contributed by atoms with van der Waals surface area (Å²) in [6, 6.07) is 3.65. The van der Waals surface area contributed by atoms with Crippen molar-refractivity contribution in [3.63, 3.8) is 0 Å². The second-order valence-electron chi connectivity index (χ2n) is 10.7. The van der Waals surface area contributed by atoms with Crippen LogP contribution in [0.5, 0.6) is 0 Å². The third-order valence-electron chi connectivity index (χ3n) is 5.09. The van der Waals surface area contributed by atoms with Crippen LogP contribution in [0.3, 0.4) is 0 Å². The predicted octanol–water partition coefficient (Wildman–Crippen LogP) is 2.60. The van der Waals surface area contributed by atoms with Crippen molar-refractivity contribution in [2.45, 2.75) is 65.2 Å². The fraction of sp³-hybridized carbons (Fsp3) is 0.560. The highest BCUT2D eigenvalue weighted by molar-refractivity contribution is 6.00. The highest BCUT2D eigenvalue weighted by Crippen LogP contribution is 2.20. The van der Waals surface area contributed by atoms with E-state index in [1.165, 1.54) is 0 Å². The molecule has 202 valence electrons. The van der Waals surface area contributed by atoms with E-state index in [1.807, 2.05) is 0 Å². The van der Waals surface area contributed by atoms with Crippen LogP contribution in [-0.2, 0) is 23.8 Å². The molecule has 1 aromatic carbocycles. The number of carbonyl (C=O) groups is 4. The van der Waals surface area contributed by atoms with Crippen LogP contribution >= 0.6 is 0 Å². The quantitative estimate of drug-likeness (QED) is 0.495. The number of fused-ring (bicyclic) bond motifs is 1. The molecule has 0 spiro atoms. The molecule has 3 rings (SSSR count). The van der Waals surface area contributed by atoms with Crippen molar-refractivity contribution in [2.24, 2.45) is 0 Å². The van der Waals surface area contributed by atoms with E-state index in [0.29, 0.717) is 43.0 Å². The van der Waals surface area contributed by atoms with Crippen LogP contribution in [0.2, 0.25) is 0 Å². The lowest BCUT2D eigenvalue weighted by Crippen LogP contribution is -2.50. The number of morpholine rings is 1. The molecule has 0 radical (unpaired) electrons. The van der Waals surface area contributed by atoms with Gasteiger partial charge in [-0.1, -0.05) is 0 Å². The predicted molar refractivity (Wildman–Crippen MR) is 135 cm³/mol. The van der Waals surface area contributed by atoms with Gasteiger partial charge in [-0.2, -0.15) is 0 Å². The number of carbonyl (C=O) groups excluding carboxylic acids is 4. The molecule has 37 heavy (non-hydrogen) atoms. The summed E-state index contributed by atoms with van der Waals surface area (Å²) >= 11 is 0. The van der Waals surface area contributed by atoms with E-state index < -0.39 is 35.2 Å². The van der Waals surface area contributed by atoms with Gasteiger partial charge in [0.25, 0.3) is 0 Å². The molecule has 1 aromatic heterocycles. The minimum atomic E-state index is -1.18. The summed E-state index contributed by atoms with van der Waals surface area (Å²) in [5.74, 6) is -1.45. The minimum absolute atomic E-state index is 0.0361. The maximum atomic E-state index is 13.2. The van der Waals surface area contributed by atoms with Gasteiger partial charge in [0.05, 0.1) is 30.7 Å². The van der Waals surface area contributed by atoms with Gasteiger partial charge in [-0.3, -0.25) is 9.59 Å². The molecule has 1 saturated heterocycles. The molecular weight excluding hydrogens is 482 g/mol. The van der Waals surface area contributed by atoms with E-state index in [2.05, 4.69) is 20.6 Å². The fourth-order valence-electron chi connectivity index (χ4n) is 3.52. The summed E-state index contributed by atoms with van der Waals surface area (Å²) in [7, 11) is 0. The Bertz CT molecular complexity index is 1160. The third-order valence-corrected chi connectivity index (χ3v) is 5.09. The number of imidazole rings is 1. The highest BCUT2D eigenvalue weighted by atomic mass is 16.6. The SMILES string of the molecule is CC(C)(C)OC(=O)N[C@@H](CC(=O)N1CCOCC1)C(=O)Nc1ccc2nc(C(=O)OC(C)(C)C)[nH]c2c1. The summed E-state index contributed by atoms with van der Waals surface area (Å²) < 4.78 is 15.9. The first kappa shape index (κ1) is 27.9. The van der Waals surface area contributed by atoms with E-state index in [1.54, 1.807) is 64.6 Å². The number of hydrogen-bond donors (Lipinski definition) is 3. The number of hydrogen-bond acceptors (Lipinski definition) is 8. The monoisotopic (exact) mass is 517 g/mol. The van der Waals surface area contributed by atoms with Gasteiger partial charge in [-0.25, -0.2) is 14.6 Å². The minimum Gasteiger partial charge on any atom is -0.454 e. The van der Waals surface area contributed by atoms with Gasteiger partial charge >= 0.3 is 12.1 Å². The van der Waals surface area contributed by atoms with E-state index in [9.17, 15) is 19.2 Å². The number of alkyl carbamates (subject to hydrolysis) is 1. The van der Waals surface area contributed by atoms with Crippen LogP contribution in [0.25, 0.3) is 11.0 Å². The zero-order valence-corrected chi connectivity index (χ0v) is 22.1. The average molecular weight is 518 g/mol. The molecular formula is C25H35N5O7. The molecule has 1 aliphatic rings. The van der Waals surface area contributed by atoms with Crippen LogP contribution in [0, 0.1) is 0 Å². The number of esters is 1. The Hall–Kier alpha value is -3.67. The number of aromatic nitrogens is 2. The Morgan fingerprint density at radius 3 is 2.32 bits per heavy atom. The molecule has 3 N–H and O–H groups in total. The van der Waals surface area contributed by atoms with Gasteiger partial charge in [-0.15, -0.1) is 0 Å². The molecule has 0 unspecified atom stereocenters. The number of nitrogens with zero attached hydrogens (tertiary/aromatic N) is 2. The third kappa shape index (κ3) is 8.45. The Morgan fingerprint density at radius 1 is 1.05 bits per heavy atom. The Kier molecular flexibility index (Phi) is 8.42. The average Bonchev–Trinajstić information content (AvgIpc) is 3.20. The first-order valence-electron chi connectivity index (χ1n) is 12.1. The lowest BCUT2D eigenvalue weighted by atomic mass is 10.1. The van der Waals surface area contributed by atoms with E-state index in [0.717, 1.165) is 0 Å². The molecule has 0 aliphatic carbocycles. The molecule has 1 fully saturated rings. The van der Waals surface area contributed by atoms with E-state index in [4.69, 9.17) is 14.2 Å². The summed E-state index contributed by atoms with van der Waals surface area (Å²) in [5, 5.41) is 5.23. The van der Waals surface area contributed by atoms with Gasteiger partial charge in [0.1, 0.15) is 17.2 Å². The molecule has 1 atom stereocenters. The van der Waals surface area contributed by atoms with Crippen molar-refractivity contribution in [1.29, 1.82) is 0 Å². The topological polar surface area (TPSA) is 152 Å². The normalized spacial score (nSPS) is 15.1. The molecule has 1 aliphatic heterocycles. The number of H-pyrrole nitrogens is 1. The van der Waals surface area contributed by atoms with Crippen LogP contribution in [0.15, 0.2) is 18.2 Å². The number of anilines is 1. The zero-order valence-electron chi connectivity index (χ0n) is 22.1. The summed E-state index contributed by atoms with van der Waals surface area (Å²) in [6.45, 7) is 12.0. The summed E-state index contributed by atoms with van der Waals surface area (Å²) in [5.41, 5.74) is -0.0722. The van der Waals surface area contributed by atoms with Gasteiger partial charge in [-0.05, 0) is 59.7 Å². The Balaban J connectivity index is 1.75. The first-order chi connectivity index (χ1) is 17.2. The number of amides is 3. The van der Waals surface area contributed by atoms with Crippen molar-refractivity contribution in [1.82, 2.24) is 20.2 Å². The molecule has 0 bridgehead atoms. The Labute approximate surface area is 215 Å². The number of aromatic amines is 1. The molecule has 2 aromatic rings. The van der Waals surface area contributed by atoms with Gasteiger partial charge in [0.15, 0.2) is 0 Å². The van der Waals surface area contributed by atoms with Crippen LogP contribution in [-0.4, -0.2) is 82.3 Å². The van der Waals surface area contributed by atoms with Crippen molar-refractivity contribution >= 4 is 40.6 Å². The van der Waals surface area contributed by atoms with Gasteiger partial charge in [0, 0.05) is 18.8 Å². The summed E-state index contributed by atoms with van der Waals surface area (Å²) in [6.07, 6.45) is -1.06. The van der Waals surface area contributed by atoms with E-state index >= 15 is 0 Å². The molecule has 12 heteroatoms. The molecule has 2 heterocycles. The number of benzene rings is 1. The van der Waals surface area contributed by atoms with E-state index in [-0.39, 0.29) is 18.2 Å². The number of ether oxygens (including phenoxy) is 3. The highest BCUT2D eigenvalue weighted by Gasteiger charge is 2.29. The second kappa shape index (κ2) is 11.2. The van der Waals surface area contributed by atoms with Crippen molar-refractivity contribution in [3.05, 3.63) is 24.0 Å². The smallest absolute Gasteiger partial charge is 0.408 e. The molecule has 12 nitrogen and oxygen atoms in total. The first-order valence-corrected chi connectivity index (χ1v) is 12.1. The standard InChI is InChI=1S/C25H35N5O7/c1-24(2,3)36-22(33)20-27-16-8-7-15(13-17(16)28-20)26-21(32)18(29-23(34)37-25(4,5)6)14-19(31)30-9-11-35-12-10-30/h7-8,13,18H,9-12,14H2,1-6H3,(H,26,32)(H,27,28)(H,29,34)/t18-/m0/s1. The van der Waals surface area contributed by atoms with Gasteiger partial charge in [0.2, 0.25) is 17.6 Å². The van der Waals surface area contributed by atoms with Gasteiger partial charge < -0.3 is 34.7 Å². The molecule has 3 amide bonds. The molecule has 0 saturated carbocycles. The van der Waals surface area contributed by atoms with Crippen LogP contribution < -0.4 is 10.6 Å². The lowest BCUT2D eigenvalue weighted by Gasteiger charge is -2.29. The zero-order chi connectivity index (χ0) is 27.4.